The molecule has 3 N–H and O–H groups in total. The number of ketones is 1. The zero-order valence-corrected chi connectivity index (χ0v) is 16.1. The second-order valence-electron chi connectivity index (χ2n) is 5.92. The topological polar surface area (TPSA) is 118 Å². The molecule has 2 aromatic carbocycles. The second kappa shape index (κ2) is 10.2. The molecule has 0 saturated heterocycles. The number of nitriles is 1. The van der Waals surface area contributed by atoms with Crippen LogP contribution in [0.25, 0.3) is 0 Å². The maximum atomic E-state index is 12.4. The van der Waals surface area contributed by atoms with E-state index in [1.165, 1.54) is 12.1 Å². The lowest BCUT2D eigenvalue weighted by Gasteiger charge is -2.16. The summed E-state index contributed by atoms with van der Waals surface area (Å²) in [6.45, 7) is 0. The van der Waals surface area contributed by atoms with E-state index in [1.807, 2.05) is 6.07 Å². The Morgan fingerprint density at radius 1 is 1.14 bits per heavy atom. The molecule has 7 nitrogen and oxygen atoms in total. The van der Waals surface area contributed by atoms with E-state index in [4.69, 9.17) is 28.4 Å². The summed E-state index contributed by atoms with van der Waals surface area (Å²) >= 11 is 12.1. The standard InChI is InChI=1S/C19H17Cl2N3O4/c20-13-5-3-6-14(21)19(13)12(11-22)17(25)9-4-10-18(26)23-15-7-1-2-8-16(15)24(27)28/h1-3,5-8,12,24,27H,4,9-10H2,(H,23,26). The molecule has 0 aliphatic rings. The summed E-state index contributed by atoms with van der Waals surface area (Å²) in [5.74, 6) is -1.93. The Kier molecular flexibility index (Phi) is 7.93. The van der Waals surface area contributed by atoms with E-state index in [2.05, 4.69) is 5.32 Å². The van der Waals surface area contributed by atoms with Gasteiger partial charge in [0.15, 0.2) is 11.5 Å². The van der Waals surface area contributed by atoms with Crippen molar-refractivity contribution in [2.45, 2.75) is 25.2 Å². The van der Waals surface area contributed by atoms with Crippen LogP contribution in [-0.2, 0) is 9.59 Å². The van der Waals surface area contributed by atoms with Crippen LogP contribution in [0.3, 0.4) is 0 Å². The molecule has 0 aliphatic carbocycles. The fourth-order valence-electron chi connectivity index (χ4n) is 2.64. The number of rotatable bonds is 8. The molecule has 9 heteroatoms. The summed E-state index contributed by atoms with van der Waals surface area (Å²) in [5.41, 5.74) is 0.423. The molecule has 2 atom stereocenters. The van der Waals surface area contributed by atoms with Gasteiger partial charge in [0.1, 0.15) is 11.6 Å². The smallest absolute Gasteiger partial charge is 0.224 e. The van der Waals surface area contributed by atoms with Crippen LogP contribution < -0.4 is 10.5 Å². The highest BCUT2D eigenvalue weighted by molar-refractivity contribution is 6.36. The van der Waals surface area contributed by atoms with Crippen molar-refractivity contribution >= 4 is 46.3 Å². The number of amides is 1. The van der Waals surface area contributed by atoms with Gasteiger partial charge < -0.3 is 10.5 Å². The van der Waals surface area contributed by atoms with Gasteiger partial charge in [0, 0.05) is 34.5 Å². The first-order valence-electron chi connectivity index (χ1n) is 8.33. The number of carbonyl (C=O) groups is 2. The fraction of sp³-hybridized carbons (Fsp3) is 0.211. The van der Waals surface area contributed by atoms with Gasteiger partial charge in [-0.25, -0.2) is 5.21 Å². The molecule has 2 unspecified atom stereocenters. The van der Waals surface area contributed by atoms with Gasteiger partial charge in [-0.15, -0.1) is 0 Å². The number of hydrogen-bond donors (Lipinski definition) is 3. The van der Waals surface area contributed by atoms with Gasteiger partial charge in [-0.3, -0.25) is 9.59 Å². The molecule has 0 radical (unpaired) electrons. The highest BCUT2D eigenvalue weighted by atomic mass is 35.5. The van der Waals surface area contributed by atoms with Gasteiger partial charge >= 0.3 is 0 Å². The van der Waals surface area contributed by atoms with Crippen LogP contribution >= 0.6 is 23.2 Å². The van der Waals surface area contributed by atoms with Gasteiger partial charge in [-0.05, 0) is 24.6 Å². The Balaban J connectivity index is 1.95. The van der Waals surface area contributed by atoms with Gasteiger partial charge in [0.2, 0.25) is 5.91 Å². The largest absolute Gasteiger partial charge is 0.595 e. The molecule has 2 rings (SSSR count). The first kappa shape index (κ1) is 21.8. The van der Waals surface area contributed by atoms with Crippen molar-refractivity contribution in [3.05, 3.63) is 63.3 Å². The molecule has 0 spiro atoms. The van der Waals surface area contributed by atoms with Crippen molar-refractivity contribution in [3.63, 3.8) is 0 Å². The Morgan fingerprint density at radius 3 is 2.39 bits per heavy atom. The van der Waals surface area contributed by atoms with Crippen molar-refractivity contribution in [3.8, 4) is 6.07 Å². The maximum Gasteiger partial charge on any atom is 0.224 e. The molecule has 28 heavy (non-hydrogen) atoms. The van der Waals surface area contributed by atoms with Crippen LogP contribution in [0, 0.1) is 16.5 Å². The van der Waals surface area contributed by atoms with Crippen molar-refractivity contribution < 1.29 is 20.0 Å². The number of Topliss-reactive ketones (excluding diaryl/α,β-unsaturated/α-hetero) is 1. The zero-order chi connectivity index (χ0) is 20.7. The maximum absolute atomic E-state index is 12.4. The molecule has 0 aliphatic heterocycles. The highest BCUT2D eigenvalue weighted by Gasteiger charge is 2.25. The molecule has 0 heterocycles. The van der Waals surface area contributed by atoms with Gasteiger partial charge in [-0.2, -0.15) is 10.5 Å². The third kappa shape index (κ3) is 5.52. The minimum Gasteiger partial charge on any atom is -0.595 e. The van der Waals surface area contributed by atoms with Crippen LogP contribution in [0.4, 0.5) is 11.4 Å². The first-order chi connectivity index (χ1) is 13.3. The van der Waals surface area contributed by atoms with Crippen LogP contribution in [-0.4, -0.2) is 16.9 Å². The summed E-state index contributed by atoms with van der Waals surface area (Å²) in [6, 6.07) is 12.7. The SMILES string of the molecule is N#CC(C(=O)CCCC(=O)Nc1ccccc1[NH+]([O-])O)c1c(Cl)cccc1Cl. The van der Waals surface area contributed by atoms with E-state index >= 15 is 0 Å². The normalized spacial score (nSPS) is 12.7. The Bertz CT molecular complexity index is 892. The van der Waals surface area contributed by atoms with E-state index in [1.54, 1.807) is 30.3 Å². The number of nitrogens with one attached hydrogen (secondary N) is 2. The number of benzene rings is 2. The number of para-hydroxylation sites is 2. The van der Waals surface area contributed by atoms with E-state index in [0.29, 0.717) is 0 Å². The van der Waals surface area contributed by atoms with E-state index in [9.17, 15) is 20.1 Å². The van der Waals surface area contributed by atoms with Crippen molar-refractivity contribution in [1.29, 1.82) is 5.26 Å². The lowest BCUT2D eigenvalue weighted by atomic mass is 9.93. The van der Waals surface area contributed by atoms with Crippen LogP contribution in [0.1, 0.15) is 30.7 Å². The van der Waals surface area contributed by atoms with Gasteiger partial charge in [0.25, 0.3) is 0 Å². The molecular weight excluding hydrogens is 405 g/mol. The predicted molar refractivity (Wildman–Crippen MR) is 105 cm³/mol. The molecule has 0 fully saturated rings. The first-order valence-corrected chi connectivity index (χ1v) is 9.09. The van der Waals surface area contributed by atoms with Gasteiger partial charge in [-0.1, -0.05) is 41.4 Å². The van der Waals surface area contributed by atoms with Crippen molar-refractivity contribution in [2.24, 2.45) is 0 Å². The molecule has 0 aromatic heterocycles. The van der Waals surface area contributed by atoms with E-state index in [-0.39, 0.29) is 46.2 Å². The van der Waals surface area contributed by atoms with Crippen molar-refractivity contribution in [2.75, 3.05) is 5.32 Å². The number of halogens is 2. The molecule has 0 bridgehead atoms. The summed E-state index contributed by atoms with van der Waals surface area (Å²) in [6.07, 6.45) is 0.169. The Labute approximate surface area is 171 Å². The summed E-state index contributed by atoms with van der Waals surface area (Å²) < 4.78 is 0. The third-order valence-electron chi connectivity index (χ3n) is 4.00. The molecular formula is C19H17Cl2N3O4. The number of anilines is 1. The highest BCUT2D eigenvalue weighted by Crippen LogP contribution is 2.32. The second-order valence-corrected chi connectivity index (χ2v) is 6.73. The monoisotopic (exact) mass is 421 g/mol. The zero-order valence-electron chi connectivity index (χ0n) is 14.6. The Morgan fingerprint density at radius 2 is 1.79 bits per heavy atom. The van der Waals surface area contributed by atoms with Crippen LogP contribution in [0.5, 0.6) is 0 Å². The lowest BCUT2D eigenvalue weighted by Crippen LogP contribution is -2.99. The van der Waals surface area contributed by atoms with Crippen molar-refractivity contribution in [1.82, 2.24) is 0 Å². The number of carbonyl (C=O) groups excluding carboxylic acids is 2. The van der Waals surface area contributed by atoms with Crippen LogP contribution in [0.15, 0.2) is 42.5 Å². The predicted octanol–water partition coefficient (Wildman–Crippen LogP) is 3.38. The lowest BCUT2D eigenvalue weighted by molar-refractivity contribution is -0.990. The average molecular weight is 422 g/mol. The Hall–Kier alpha value is -2.47. The molecule has 2 aromatic rings. The third-order valence-corrected chi connectivity index (χ3v) is 4.66. The molecule has 146 valence electrons. The summed E-state index contributed by atoms with van der Waals surface area (Å²) in [7, 11) is 0. The molecule has 1 amide bonds. The quantitative estimate of drug-likeness (QED) is 0.564. The summed E-state index contributed by atoms with van der Waals surface area (Å²) in [5, 5.41) is 31.5. The summed E-state index contributed by atoms with van der Waals surface area (Å²) in [4.78, 5) is 24.5. The minimum absolute atomic E-state index is 0.00586. The molecule has 0 saturated carbocycles. The fourth-order valence-corrected chi connectivity index (χ4v) is 3.26. The van der Waals surface area contributed by atoms with Gasteiger partial charge in [0.05, 0.1) is 6.07 Å². The number of hydrogen-bond acceptors (Lipinski definition) is 5. The average Bonchev–Trinajstić information content (AvgIpc) is 2.65. The van der Waals surface area contributed by atoms with E-state index < -0.39 is 22.8 Å². The number of quaternary nitrogens is 1. The van der Waals surface area contributed by atoms with Crippen LogP contribution in [0.2, 0.25) is 10.0 Å². The minimum atomic E-state index is -1.15. The van der Waals surface area contributed by atoms with E-state index in [0.717, 1.165) is 0 Å². The number of nitrogens with zero attached hydrogens (tertiary/aromatic N) is 1.